The van der Waals surface area contributed by atoms with Crippen molar-refractivity contribution in [3.8, 4) is 11.5 Å². The predicted octanol–water partition coefficient (Wildman–Crippen LogP) is 3.31. The van der Waals surface area contributed by atoms with E-state index in [0.717, 1.165) is 5.56 Å². The third kappa shape index (κ3) is 4.90. The molecule has 4 aromatic rings. The Morgan fingerprint density at radius 1 is 1.12 bits per heavy atom. The lowest BCUT2D eigenvalue weighted by molar-refractivity contribution is 0.0939. The van der Waals surface area contributed by atoms with Crippen molar-refractivity contribution in [1.29, 1.82) is 0 Å². The van der Waals surface area contributed by atoms with Gasteiger partial charge in [-0.15, -0.1) is 0 Å². The number of hydrazone groups is 1. The fourth-order valence-electron chi connectivity index (χ4n) is 3.35. The Balaban J connectivity index is 1.64. The van der Waals surface area contributed by atoms with E-state index < -0.39 is 5.91 Å². The summed E-state index contributed by atoms with van der Waals surface area (Å²) in [6.07, 6.45) is 1.42. The molecule has 0 aliphatic carbocycles. The zero-order valence-electron chi connectivity index (χ0n) is 17.9. The fraction of sp³-hybridized carbons (Fsp3) is 0.120. The van der Waals surface area contributed by atoms with Crippen molar-refractivity contribution >= 4 is 23.0 Å². The van der Waals surface area contributed by atoms with Crippen LogP contribution in [-0.4, -0.2) is 33.4 Å². The van der Waals surface area contributed by atoms with Crippen LogP contribution in [0.4, 0.5) is 0 Å². The molecular formula is C25H22N4O4. The number of aromatic hydroxyl groups is 1. The summed E-state index contributed by atoms with van der Waals surface area (Å²) in [6.45, 7) is 2.41. The van der Waals surface area contributed by atoms with Gasteiger partial charge in [-0.3, -0.25) is 14.2 Å². The molecule has 0 saturated heterocycles. The molecule has 4 rings (SSSR count). The van der Waals surface area contributed by atoms with Gasteiger partial charge in [0.1, 0.15) is 0 Å². The van der Waals surface area contributed by atoms with Crippen LogP contribution in [-0.2, 0) is 6.54 Å². The highest BCUT2D eigenvalue weighted by molar-refractivity contribution is 5.93. The molecule has 8 heteroatoms. The van der Waals surface area contributed by atoms with Gasteiger partial charge in [0.25, 0.3) is 5.56 Å². The lowest BCUT2D eigenvalue weighted by Gasteiger charge is -2.12. The number of aromatic nitrogens is 2. The number of phenolic OH excluding ortho intramolecular Hbond substituents is 1. The topological polar surface area (TPSA) is 106 Å². The number of phenols is 1. The van der Waals surface area contributed by atoms with Crippen molar-refractivity contribution < 1.29 is 14.6 Å². The van der Waals surface area contributed by atoms with Crippen LogP contribution in [0.25, 0.3) is 10.9 Å². The standard InChI is InChI=1S/C25H22N4O4/c1-2-33-22-14-18(12-13-21(22)30)15-26-28-24(31)23-27-20-11-7-6-10-19(20)25(32)29(23)16-17-8-4-3-5-9-17/h3-15,30H,2,16H2,1H3,(H,28,31)/b26-15-. The average Bonchev–Trinajstić information content (AvgIpc) is 2.83. The van der Waals surface area contributed by atoms with Gasteiger partial charge in [0.05, 0.1) is 30.3 Å². The number of fused-ring (bicyclic) bond motifs is 1. The molecule has 1 amide bonds. The molecule has 0 aliphatic rings. The Kier molecular flexibility index (Phi) is 6.45. The smallest absolute Gasteiger partial charge is 0.307 e. The maximum absolute atomic E-state index is 13.2. The maximum atomic E-state index is 13.2. The quantitative estimate of drug-likeness (QED) is 0.337. The summed E-state index contributed by atoms with van der Waals surface area (Å²) < 4.78 is 6.70. The van der Waals surface area contributed by atoms with Crippen molar-refractivity contribution in [2.75, 3.05) is 6.61 Å². The minimum Gasteiger partial charge on any atom is -0.504 e. The monoisotopic (exact) mass is 442 g/mol. The summed E-state index contributed by atoms with van der Waals surface area (Å²) in [7, 11) is 0. The van der Waals surface area contributed by atoms with Gasteiger partial charge in [-0.25, -0.2) is 10.4 Å². The lowest BCUT2D eigenvalue weighted by Crippen LogP contribution is -2.32. The first kappa shape index (κ1) is 21.8. The predicted molar refractivity (Wildman–Crippen MR) is 126 cm³/mol. The molecule has 2 N–H and O–H groups in total. The number of carbonyl (C=O) groups is 1. The van der Waals surface area contributed by atoms with E-state index in [1.165, 1.54) is 16.8 Å². The van der Waals surface area contributed by atoms with E-state index in [4.69, 9.17) is 4.74 Å². The molecule has 166 valence electrons. The molecule has 0 bridgehead atoms. The van der Waals surface area contributed by atoms with E-state index in [9.17, 15) is 14.7 Å². The normalized spacial score (nSPS) is 11.1. The summed E-state index contributed by atoms with van der Waals surface area (Å²) in [5.41, 5.74) is 4.04. The van der Waals surface area contributed by atoms with Gasteiger partial charge in [0.2, 0.25) is 5.82 Å². The van der Waals surface area contributed by atoms with E-state index in [2.05, 4.69) is 15.5 Å². The first-order chi connectivity index (χ1) is 16.1. The SMILES string of the molecule is CCOc1cc(/C=N\NC(=O)c2nc3ccccc3c(=O)n2Cc2ccccc2)ccc1O. The third-order valence-electron chi connectivity index (χ3n) is 4.91. The summed E-state index contributed by atoms with van der Waals surface area (Å²) >= 11 is 0. The Morgan fingerprint density at radius 3 is 2.67 bits per heavy atom. The van der Waals surface area contributed by atoms with Crippen LogP contribution in [0.3, 0.4) is 0 Å². The van der Waals surface area contributed by atoms with Crippen molar-refractivity contribution in [2.45, 2.75) is 13.5 Å². The number of para-hydroxylation sites is 1. The molecule has 1 heterocycles. The zero-order chi connectivity index (χ0) is 23.2. The maximum Gasteiger partial charge on any atom is 0.307 e. The number of nitrogens with zero attached hydrogens (tertiary/aromatic N) is 3. The van der Waals surface area contributed by atoms with Gasteiger partial charge in [0.15, 0.2) is 11.5 Å². The Labute approximate surface area is 189 Å². The third-order valence-corrected chi connectivity index (χ3v) is 4.91. The van der Waals surface area contributed by atoms with Crippen LogP contribution in [0, 0.1) is 0 Å². The second-order valence-electron chi connectivity index (χ2n) is 7.19. The number of carbonyl (C=O) groups excluding carboxylic acids is 1. The molecule has 1 aromatic heterocycles. The summed E-state index contributed by atoms with van der Waals surface area (Å²) in [6, 6.07) is 21.0. The summed E-state index contributed by atoms with van der Waals surface area (Å²) in [5.74, 6) is -0.321. The zero-order valence-corrected chi connectivity index (χ0v) is 17.9. The first-order valence-corrected chi connectivity index (χ1v) is 10.4. The molecule has 0 radical (unpaired) electrons. The van der Waals surface area contributed by atoms with Crippen LogP contribution >= 0.6 is 0 Å². The average molecular weight is 442 g/mol. The highest BCUT2D eigenvalue weighted by atomic mass is 16.5. The fourth-order valence-corrected chi connectivity index (χ4v) is 3.35. The van der Waals surface area contributed by atoms with Gasteiger partial charge in [-0.2, -0.15) is 5.10 Å². The Morgan fingerprint density at radius 2 is 1.88 bits per heavy atom. The number of ether oxygens (including phenoxy) is 1. The van der Waals surface area contributed by atoms with E-state index in [0.29, 0.717) is 28.8 Å². The van der Waals surface area contributed by atoms with E-state index in [1.54, 1.807) is 36.4 Å². The minimum atomic E-state index is -0.617. The summed E-state index contributed by atoms with van der Waals surface area (Å²) in [5, 5.41) is 14.2. The molecule has 0 fully saturated rings. The highest BCUT2D eigenvalue weighted by Gasteiger charge is 2.17. The minimum absolute atomic E-state index is 0.0170. The molecule has 3 aromatic carbocycles. The molecular weight excluding hydrogens is 420 g/mol. The van der Waals surface area contributed by atoms with Gasteiger partial charge >= 0.3 is 5.91 Å². The number of hydrogen-bond donors (Lipinski definition) is 2. The van der Waals surface area contributed by atoms with Crippen LogP contribution in [0.5, 0.6) is 11.5 Å². The van der Waals surface area contributed by atoms with Crippen molar-refractivity contribution in [3.63, 3.8) is 0 Å². The van der Waals surface area contributed by atoms with E-state index in [-0.39, 0.29) is 23.7 Å². The van der Waals surface area contributed by atoms with Crippen molar-refractivity contribution in [1.82, 2.24) is 15.0 Å². The molecule has 8 nitrogen and oxygen atoms in total. The number of hydrogen-bond acceptors (Lipinski definition) is 6. The van der Waals surface area contributed by atoms with Crippen molar-refractivity contribution in [3.05, 3.63) is 100 Å². The molecule has 0 atom stereocenters. The second kappa shape index (κ2) is 9.78. The lowest BCUT2D eigenvalue weighted by atomic mass is 10.2. The largest absolute Gasteiger partial charge is 0.504 e. The number of amides is 1. The van der Waals surface area contributed by atoms with Crippen molar-refractivity contribution in [2.24, 2.45) is 5.10 Å². The number of nitrogens with one attached hydrogen (secondary N) is 1. The number of benzene rings is 3. The highest BCUT2D eigenvalue weighted by Crippen LogP contribution is 2.26. The van der Waals surface area contributed by atoms with Crippen LogP contribution < -0.4 is 15.7 Å². The van der Waals surface area contributed by atoms with E-state index >= 15 is 0 Å². The molecule has 33 heavy (non-hydrogen) atoms. The van der Waals surface area contributed by atoms with Gasteiger partial charge in [-0.05, 0) is 48.4 Å². The molecule has 0 unspecified atom stereocenters. The Hall–Kier alpha value is -4.46. The Bertz CT molecular complexity index is 1380. The van der Waals surface area contributed by atoms with Gasteiger partial charge in [-0.1, -0.05) is 42.5 Å². The van der Waals surface area contributed by atoms with Crippen LogP contribution in [0.15, 0.2) is 82.7 Å². The summed E-state index contributed by atoms with van der Waals surface area (Å²) in [4.78, 5) is 30.5. The van der Waals surface area contributed by atoms with Gasteiger partial charge in [0, 0.05) is 0 Å². The molecule has 0 aliphatic heterocycles. The van der Waals surface area contributed by atoms with E-state index in [1.807, 2.05) is 37.3 Å². The van der Waals surface area contributed by atoms with Crippen LogP contribution in [0.1, 0.15) is 28.7 Å². The van der Waals surface area contributed by atoms with Gasteiger partial charge < -0.3 is 9.84 Å². The first-order valence-electron chi connectivity index (χ1n) is 10.4. The van der Waals surface area contributed by atoms with Crippen LogP contribution in [0.2, 0.25) is 0 Å². The number of rotatable bonds is 7. The molecule has 0 saturated carbocycles. The molecule has 0 spiro atoms. The second-order valence-corrected chi connectivity index (χ2v) is 7.19.